The number of aryl methyl sites for hydroxylation is 3. The molecule has 142 heavy (non-hydrogen) atoms. The Hall–Kier alpha value is -19.3. The van der Waals surface area contributed by atoms with Crippen LogP contribution in [0.3, 0.4) is 0 Å². The van der Waals surface area contributed by atoms with Gasteiger partial charge in [-0.1, -0.05) is 91.0 Å². The molecule has 38 nitrogen and oxygen atoms in total. The predicted octanol–water partition coefficient (Wildman–Crippen LogP) is 10.5. The Kier molecular flexibility index (Phi) is 55.3. The maximum absolute atomic E-state index is 12.5. The molecule has 1 unspecified atom stereocenters. The van der Waals surface area contributed by atoms with Crippen molar-refractivity contribution in [2.24, 2.45) is 15.0 Å². The van der Waals surface area contributed by atoms with Crippen LogP contribution in [0.25, 0.3) is 0 Å². The van der Waals surface area contributed by atoms with E-state index >= 15 is 0 Å². The number of methoxy groups -OCH3 is 2. The molecule has 12 rings (SSSR count). The number of pyridine rings is 1. The average Bonchev–Trinajstić information content (AvgIpc) is 1.38. The standard InChI is InChI=1S/C18H17NO3.C10H9NO3.C10H9NO2.C9H6FNO.C9H7NO3.C9H7NO2.C9H7NO.C8H13N3O.C8H6N2O2.C7H9N3O.C6H5N3O/c1-11-8-16(4-5-17(11)21)22-18-12(2)6-14(7-13(18)3)9-15(20)10-19;1-14-10-5-7(2-3-9(10)13)4-8(12)6-11;1-13-10-4-2-8(3-5-10)6-9(12)7-11;10-8-3-1-2-7(4-8)5-9(12)6-11;10-5-7(11)3-6-1-2-8(12)9(13)4-6;10-6-9(12)5-7-1-3-8(11)4-2-7;10-7-9(11)6-8-4-2-1-3-5-8;1-10-5-7(11(2)6-10)3-8(12)4-9;9-4-8(12)3-6-1-2-7(11)5-10-6;1-10-4-6(9-5-10)2-7(11)3-8;7-2-6(10)1-5-3-8-4-9-5/h4-8,21H,9H2,1-3H3;2-3,5,13H,4H2,1H3;2-5H,6H2,1H3;1-4H,5H2;1-2,4,12-13H,3H2;1-4,11H,5H2;1-5H,6H2;7H,3,5-6H2,1-2H3;1-2,5,11H,3H2;2,4-5H2,1H3;3H,1,4H2. The number of hydrogen-bond acceptors (Lipinski definition) is 38. The Morgan fingerprint density at radius 1 is 0.387 bits per heavy atom. The molecule has 0 spiro atoms. The van der Waals surface area contributed by atoms with Crippen LogP contribution in [-0.4, -0.2) is 206 Å². The highest BCUT2D eigenvalue weighted by Crippen LogP contribution is 2.33. The lowest BCUT2D eigenvalue weighted by molar-refractivity contribution is -0.115. The SMILES string of the molecule is CN1CC(CC(=O)C#N)N(C)C1.CN1CN=C(CC(=O)C#N)C1.COc1cc(CC(=O)C#N)ccc1O.COc1ccc(CC(=O)C#N)cc1.Cc1cc(Oc2c(C)cc(CC(=O)C#N)cc2C)ccc1O.N#CC(=O)CC1=NCN=C1.N#CC(=O)Cc1ccc(O)c(O)c1.N#CC(=O)Cc1ccc(O)cc1.N#CC(=O)Cc1ccc(O)cn1.N#CC(=O)Cc1cccc(F)c1.N#CC(=O)Cc1ccccc1. The molecule has 3 aliphatic heterocycles. The smallest absolute Gasteiger partial charge is 0.237 e. The number of aliphatic imine (C=N–C) groups is 3. The molecule has 1 fully saturated rings. The summed E-state index contributed by atoms with van der Waals surface area (Å²) >= 11 is 0. The van der Waals surface area contributed by atoms with Gasteiger partial charge in [-0.05, 0) is 189 Å². The van der Waals surface area contributed by atoms with Gasteiger partial charge in [-0.15, -0.1) is 0 Å². The zero-order valence-corrected chi connectivity index (χ0v) is 78.2. The van der Waals surface area contributed by atoms with E-state index in [1.807, 2.05) is 82.4 Å². The molecule has 6 N–H and O–H groups in total. The Morgan fingerprint density at radius 2 is 0.810 bits per heavy atom. The molecule has 1 saturated heterocycles. The summed E-state index contributed by atoms with van der Waals surface area (Å²) in [7, 11) is 8.90. The van der Waals surface area contributed by atoms with E-state index in [1.54, 1.807) is 111 Å². The van der Waals surface area contributed by atoms with Gasteiger partial charge in [0.2, 0.25) is 63.6 Å². The first-order valence-electron chi connectivity index (χ1n) is 41.8. The zero-order valence-electron chi connectivity index (χ0n) is 78.2. The van der Waals surface area contributed by atoms with Crippen LogP contribution in [0.2, 0.25) is 0 Å². The van der Waals surface area contributed by atoms with Crippen LogP contribution < -0.4 is 14.2 Å². The van der Waals surface area contributed by atoms with Crippen LogP contribution in [0.5, 0.6) is 57.5 Å². The summed E-state index contributed by atoms with van der Waals surface area (Å²) in [4.78, 5) is 139. The number of Topliss-reactive ketones (excluding diaryl/α,β-unsaturated/α-hetero) is 11. The topological polar surface area (TPSA) is 658 Å². The molecule has 0 amide bonds. The molecule has 0 saturated carbocycles. The predicted molar refractivity (Wildman–Crippen MR) is 508 cm³/mol. The number of benzene rings is 8. The number of carbonyl (C=O) groups is 11. The number of carbonyl (C=O) groups excluding carboxylic acids is 11. The summed E-state index contributed by atoms with van der Waals surface area (Å²) in [6, 6.07) is 65.6. The van der Waals surface area contributed by atoms with Crippen LogP contribution in [-0.2, 0) is 104 Å². The van der Waals surface area contributed by atoms with Crippen molar-refractivity contribution in [3.63, 3.8) is 0 Å². The number of halogens is 1. The number of likely N-dealkylation sites (N-methyl/N-ethyl adjacent to an activating group) is 2. The molecule has 1 atom stereocenters. The highest BCUT2D eigenvalue weighted by atomic mass is 19.1. The average molecular weight is 1920 g/mol. The van der Waals surface area contributed by atoms with Crippen molar-refractivity contribution in [1.29, 1.82) is 57.9 Å². The number of rotatable bonds is 26. The van der Waals surface area contributed by atoms with Gasteiger partial charge in [-0.3, -0.25) is 87.4 Å². The second kappa shape index (κ2) is 66.2. The molecular weight excluding hydrogens is 1830 g/mol. The molecular formula is C103H95FN18O20. The fourth-order valence-electron chi connectivity index (χ4n) is 11.6. The molecule has 9 aromatic rings. The van der Waals surface area contributed by atoms with Gasteiger partial charge in [0.05, 0.1) is 58.7 Å². The molecule has 724 valence electrons. The Labute approximate surface area is 817 Å². The summed E-state index contributed by atoms with van der Waals surface area (Å²) in [5.41, 5.74) is 9.36. The van der Waals surface area contributed by atoms with Gasteiger partial charge >= 0.3 is 0 Å². The lowest BCUT2D eigenvalue weighted by Gasteiger charge is -2.14. The number of aromatic hydroxyl groups is 6. The number of ether oxygens (including phenoxy) is 3. The van der Waals surface area contributed by atoms with E-state index in [-0.39, 0.29) is 111 Å². The van der Waals surface area contributed by atoms with E-state index in [9.17, 15) is 67.3 Å². The Bertz CT molecular complexity index is 6440. The molecule has 39 heteroatoms. The van der Waals surface area contributed by atoms with Crippen molar-refractivity contribution in [3.8, 4) is 124 Å². The van der Waals surface area contributed by atoms with E-state index in [0.29, 0.717) is 65.9 Å². The first kappa shape index (κ1) is 119. The third kappa shape index (κ3) is 50.1. The summed E-state index contributed by atoms with van der Waals surface area (Å²) in [6.07, 6.45) is 3.97. The lowest BCUT2D eigenvalue weighted by Crippen LogP contribution is -2.28. The minimum absolute atomic E-state index is 0.00319. The second-order valence-corrected chi connectivity index (χ2v) is 30.0. The number of hydrogen-bond donors (Lipinski definition) is 6. The van der Waals surface area contributed by atoms with Gasteiger partial charge in [0.25, 0.3) is 0 Å². The van der Waals surface area contributed by atoms with Gasteiger partial charge in [0.15, 0.2) is 23.0 Å². The van der Waals surface area contributed by atoms with E-state index in [1.165, 1.54) is 129 Å². The third-order valence-electron chi connectivity index (χ3n) is 18.4. The molecule has 1 aromatic heterocycles. The molecule has 0 aliphatic carbocycles. The van der Waals surface area contributed by atoms with Crippen molar-refractivity contribution in [2.45, 2.75) is 97.4 Å². The third-order valence-corrected chi connectivity index (χ3v) is 18.4. The fraction of sp³-hybridized carbons (Fsp3) is 0.243. The molecule has 8 aromatic carbocycles. The number of aromatic nitrogens is 1. The van der Waals surface area contributed by atoms with Gasteiger partial charge in [-0.25, -0.2) is 4.39 Å². The van der Waals surface area contributed by atoms with Gasteiger partial charge in [0, 0.05) is 88.1 Å². The highest BCUT2D eigenvalue weighted by molar-refractivity contribution is 6.36. The molecule has 4 heterocycles. The van der Waals surface area contributed by atoms with E-state index in [0.717, 1.165) is 69.4 Å². The van der Waals surface area contributed by atoms with Crippen molar-refractivity contribution in [3.05, 3.63) is 255 Å². The number of nitriles is 11. The lowest BCUT2D eigenvalue weighted by atomic mass is 10.0. The molecule has 0 bridgehead atoms. The first-order chi connectivity index (χ1) is 67.6. The zero-order chi connectivity index (χ0) is 106. The van der Waals surface area contributed by atoms with Crippen molar-refractivity contribution in [2.75, 3.05) is 68.5 Å². The summed E-state index contributed by atoms with van der Waals surface area (Å²) in [5.74, 6) is -3.19. The van der Waals surface area contributed by atoms with Gasteiger partial charge < -0.3 is 44.8 Å². The van der Waals surface area contributed by atoms with Crippen LogP contribution in [0, 0.1) is 151 Å². The summed E-state index contributed by atoms with van der Waals surface area (Å²) in [6.45, 7) is 9.12. The minimum atomic E-state index is -0.579. The molecule has 0 radical (unpaired) electrons. The number of nitrogens with zero attached hydrogens (tertiary/aromatic N) is 18. The maximum atomic E-state index is 12.5. The number of phenolic OH excluding ortho intramolecular Hbond substituents is 5. The quantitative estimate of drug-likeness (QED) is 0.0217. The van der Waals surface area contributed by atoms with E-state index in [2.05, 4.69) is 29.8 Å². The van der Waals surface area contributed by atoms with Crippen molar-refractivity contribution >= 4 is 81.3 Å². The first-order valence-corrected chi connectivity index (χ1v) is 41.8. The fourth-order valence-corrected chi connectivity index (χ4v) is 11.6. The minimum Gasteiger partial charge on any atom is -0.508 e. The Morgan fingerprint density at radius 3 is 1.24 bits per heavy atom. The van der Waals surface area contributed by atoms with E-state index in [4.69, 9.17) is 92.5 Å². The normalized spacial score (nSPS) is 11.6. The van der Waals surface area contributed by atoms with E-state index < -0.39 is 63.6 Å². The Balaban J connectivity index is 0.000000532. The van der Waals surface area contributed by atoms with Gasteiger partial charge in [0.1, 0.15) is 114 Å². The van der Waals surface area contributed by atoms with Crippen molar-refractivity contribution < 1.29 is 102 Å². The van der Waals surface area contributed by atoms with Crippen LogP contribution in [0.4, 0.5) is 4.39 Å². The number of phenols is 5. The number of ketones is 11. The summed E-state index contributed by atoms with van der Waals surface area (Å²) in [5, 5.41) is 145. The monoisotopic (exact) mass is 1920 g/mol. The van der Waals surface area contributed by atoms with Crippen molar-refractivity contribution in [1.82, 2.24) is 19.7 Å². The largest absolute Gasteiger partial charge is 0.508 e. The summed E-state index contributed by atoms with van der Waals surface area (Å²) < 4.78 is 28.2. The highest BCUT2D eigenvalue weighted by Gasteiger charge is 2.27. The van der Waals surface area contributed by atoms with Gasteiger partial charge in [-0.2, -0.15) is 57.9 Å². The van der Waals surface area contributed by atoms with Crippen LogP contribution in [0.15, 0.2) is 203 Å². The maximum Gasteiger partial charge on any atom is 0.237 e. The second-order valence-electron chi connectivity index (χ2n) is 30.0. The van der Waals surface area contributed by atoms with Crippen LogP contribution >= 0.6 is 0 Å². The van der Waals surface area contributed by atoms with Crippen LogP contribution in [0.1, 0.15) is 80.6 Å². The molecule has 3 aliphatic rings.